The Morgan fingerprint density at radius 1 is 1.03 bits per heavy atom. The van der Waals surface area contributed by atoms with Crippen LogP contribution in [-0.2, 0) is 4.79 Å². The number of anilines is 1. The van der Waals surface area contributed by atoms with Gasteiger partial charge in [-0.2, -0.15) is 0 Å². The van der Waals surface area contributed by atoms with Gasteiger partial charge in [-0.15, -0.1) is 0 Å². The Hall–Kier alpha value is -3.45. The third-order valence-corrected chi connectivity index (χ3v) is 5.10. The maximum atomic E-state index is 12.3. The van der Waals surface area contributed by atoms with Gasteiger partial charge < -0.3 is 9.47 Å². The number of amides is 1. The number of ether oxygens (including phenoxy) is 2. The number of carbonyl (C=O) groups excluding carboxylic acids is 2. The van der Waals surface area contributed by atoms with Crippen LogP contribution in [-0.4, -0.2) is 30.9 Å². The molecule has 29 heavy (non-hydrogen) atoms. The number of hydrogen-bond acceptors (Lipinski definition) is 6. The van der Waals surface area contributed by atoms with Crippen molar-refractivity contribution in [3.63, 3.8) is 0 Å². The summed E-state index contributed by atoms with van der Waals surface area (Å²) in [6, 6.07) is 14.7. The predicted octanol–water partition coefficient (Wildman–Crippen LogP) is 4.68. The summed E-state index contributed by atoms with van der Waals surface area (Å²) in [5, 5.41) is 3.09. The molecular weight excluding hydrogens is 388 g/mol. The fraction of sp³-hybridized carbons (Fsp3) is 0.136. The molecule has 0 bridgehead atoms. The van der Waals surface area contributed by atoms with Gasteiger partial charge in [0.25, 0.3) is 0 Å². The molecule has 0 aliphatic heterocycles. The summed E-state index contributed by atoms with van der Waals surface area (Å²) in [5.74, 6) is 0.807. The molecule has 1 aromatic heterocycles. The molecule has 0 spiro atoms. The molecule has 0 unspecified atom stereocenters. The number of nitrogens with zero attached hydrogens (tertiary/aromatic N) is 1. The van der Waals surface area contributed by atoms with E-state index in [0.717, 1.165) is 22.5 Å². The van der Waals surface area contributed by atoms with Gasteiger partial charge >= 0.3 is 0 Å². The van der Waals surface area contributed by atoms with Crippen molar-refractivity contribution in [3.8, 4) is 22.8 Å². The predicted molar refractivity (Wildman–Crippen MR) is 115 cm³/mol. The molecule has 0 aliphatic carbocycles. The summed E-state index contributed by atoms with van der Waals surface area (Å²) < 4.78 is 10.5. The highest BCUT2D eigenvalue weighted by Crippen LogP contribution is 2.31. The quantitative estimate of drug-likeness (QED) is 0.454. The van der Waals surface area contributed by atoms with Crippen molar-refractivity contribution < 1.29 is 19.1 Å². The van der Waals surface area contributed by atoms with Crippen molar-refractivity contribution in [2.24, 2.45) is 0 Å². The number of carbonyl (C=O) groups is 2. The SMILES string of the molecule is COc1cc(/C=C/C(=O)Nc2nc(-c3ccccc3)c(C(C)=O)s2)cc(OC)c1. The van der Waals surface area contributed by atoms with E-state index in [-0.39, 0.29) is 11.7 Å². The average Bonchev–Trinajstić information content (AvgIpc) is 3.16. The molecule has 0 fully saturated rings. The van der Waals surface area contributed by atoms with Crippen molar-refractivity contribution in [1.29, 1.82) is 0 Å². The van der Waals surface area contributed by atoms with E-state index in [9.17, 15) is 9.59 Å². The van der Waals surface area contributed by atoms with Gasteiger partial charge in [-0.05, 0) is 23.8 Å². The van der Waals surface area contributed by atoms with Gasteiger partial charge in [0.15, 0.2) is 10.9 Å². The van der Waals surface area contributed by atoms with Crippen molar-refractivity contribution in [2.75, 3.05) is 19.5 Å². The summed E-state index contributed by atoms with van der Waals surface area (Å²) in [5.41, 5.74) is 2.15. The van der Waals surface area contributed by atoms with Crippen LogP contribution in [0.4, 0.5) is 5.13 Å². The van der Waals surface area contributed by atoms with E-state index in [2.05, 4.69) is 10.3 Å². The zero-order valence-electron chi connectivity index (χ0n) is 16.3. The van der Waals surface area contributed by atoms with Crippen LogP contribution in [0.25, 0.3) is 17.3 Å². The van der Waals surface area contributed by atoms with Gasteiger partial charge in [0.2, 0.25) is 5.91 Å². The third kappa shape index (κ3) is 5.08. The number of rotatable bonds is 7. The minimum Gasteiger partial charge on any atom is -0.497 e. The summed E-state index contributed by atoms with van der Waals surface area (Å²) in [7, 11) is 3.13. The van der Waals surface area contributed by atoms with Crippen LogP contribution in [0.5, 0.6) is 11.5 Å². The van der Waals surface area contributed by atoms with Gasteiger partial charge in [-0.25, -0.2) is 4.98 Å². The van der Waals surface area contributed by atoms with Gasteiger partial charge in [0.05, 0.1) is 24.8 Å². The first-order valence-corrected chi connectivity index (χ1v) is 9.61. The smallest absolute Gasteiger partial charge is 0.250 e. The molecule has 0 atom stereocenters. The van der Waals surface area contributed by atoms with Crippen LogP contribution in [0.1, 0.15) is 22.2 Å². The molecule has 0 radical (unpaired) electrons. The number of benzene rings is 2. The average molecular weight is 408 g/mol. The fourth-order valence-corrected chi connectivity index (χ4v) is 3.53. The first-order valence-electron chi connectivity index (χ1n) is 8.79. The molecule has 1 heterocycles. The van der Waals surface area contributed by atoms with Crippen molar-refractivity contribution in [2.45, 2.75) is 6.92 Å². The molecule has 2 aromatic carbocycles. The second-order valence-corrected chi connectivity index (χ2v) is 7.09. The van der Waals surface area contributed by atoms with Gasteiger partial charge in [-0.1, -0.05) is 41.7 Å². The zero-order chi connectivity index (χ0) is 20.8. The van der Waals surface area contributed by atoms with Gasteiger partial charge in [0.1, 0.15) is 11.5 Å². The fourth-order valence-electron chi connectivity index (χ4n) is 2.65. The van der Waals surface area contributed by atoms with Crippen LogP contribution in [0.2, 0.25) is 0 Å². The Labute approximate surface area is 172 Å². The van der Waals surface area contributed by atoms with E-state index >= 15 is 0 Å². The molecule has 148 valence electrons. The molecule has 7 heteroatoms. The number of thiazole rings is 1. The molecular formula is C22H20N2O4S. The van der Waals surface area contributed by atoms with Crippen LogP contribution in [0.3, 0.4) is 0 Å². The molecule has 0 aliphatic rings. The minimum atomic E-state index is -0.352. The van der Waals surface area contributed by atoms with Crippen molar-refractivity contribution in [3.05, 3.63) is 65.0 Å². The minimum absolute atomic E-state index is 0.0964. The Balaban J connectivity index is 1.79. The lowest BCUT2D eigenvalue weighted by Gasteiger charge is -2.05. The van der Waals surface area contributed by atoms with E-state index in [1.54, 1.807) is 38.5 Å². The highest BCUT2D eigenvalue weighted by molar-refractivity contribution is 7.18. The lowest BCUT2D eigenvalue weighted by Crippen LogP contribution is -2.07. The van der Waals surface area contributed by atoms with E-state index in [1.807, 2.05) is 30.3 Å². The van der Waals surface area contributed by atoms with Gasteiger partial charge in [0, 0.05) is 24.6 Å². The van der Waals surface area contributed by atoms with Crippen molar-refractivity contribution in [1.82, 2.24) is 4.98 Å². The number of methoxy groups -OCH3 is 2. The van der Waals surface area contributed by atoms with E-state index in [1.165, 1.54) is 13.0 Å². The Morgan fingerprint density at radius 3 is 2.28 bits per heavy atom. The maximum Gasteiger partial charge on any atom is 0.250 e. The first-order chi connectivity index (χ1) is 14.0. The summed E-state index contributed by atoms with van der Waals surface area (Å²) in [6.07, 6.45) is 3.04. The third-order valence-electron chi connectivity index (χ3n) is 4.03. The lowest BCUT2D eigenvalue weighted by atomic mass is 10.1. The zero-order valence-corrected chi connectivity index (χ0v) is 17.1. The standard InChI is InChI=1S/C22H20N2O4S/c1-14(25)21-20(16-7-5-4-6-8-16)24-22(29-21)23-19(26)10-9-15-11-17(27-2)13-18(12-15)28-3/h4-13H,1-3H3,(H,23,24,26)/b10-9+. The molecule has 1 amide bonds. The Morgan fingerprint density at radius 2 is 1.69 bits per heavy atom. The van der Waals surface area contributed by atoms with Gasteiger partial charge in [-0.3, -0.25) is 14.9 Å². The monoisotopic (exact) mass is 408 g/mol. The molecule has 0 saturated carbocycles. The van der Waals surface area contributed by atoms with Crippen LogP contribution < -0.4 is 14.8 Å². The molecule has 3 rings (SSSR count). The Bertz CT molecular complexity index is 1040. The highest BCUT2D eigenvalue weighted by Gasteiger charge is 2.17. The second-order valence-electron chi connectivity index (χ2n) is 6.09. The first kappa shape index (κ1) is 20.3. The number of Topliss-reactive ketones (excluding diaryl/α,β-unsaturated/α-hetero) is 1. The summed E-state index contributed by atoms with van der Waals surface area (Å²) >= 11 is 1.16. The normalized spacial score (nSPS) is 10.7. The van der Waals surface area contributed by atoms with Crippen LogP contribution >= 0.6 is 11.3 Å². The number of ketones is 1. The van der Waals surface area contributed by atoms with E-state index in [4.69, 9.17) is 9.47 Å². The second kappa shape index (κ2) is 9.16. The Kier molecular flexibility index (Phi) is 6.41. The lowest BCUT2D eigenvalue weighted by molar-refractivity contribution is -0.111. The van der Waals surface area contributed by atoms with E-state index < -0.39 is 0 Å². The van der Waals surface area contributed by atoms with E-state index in [0.29, 0.717) is 27.2 Å². The number of aromatic nitrogens is 1. The summed E-state index contributed by atoms with van der Waals surface area (Å²) in [4.78, 5) is 29.3. The molecule has 0 saturated heterocycles. The largest absolute Gasteiger partial charge is 0.497 e. The summed E-state index contributed by atoms with van der Waals surface area (Å²) in [6.45, 7) is 1.49. The van der Waals surface area contributed by atoms with Crippen molar-refractivity contribution >= 4 is 34.2 Å². The molecule has 6 nitrogen and oxygen atoms in total. The maximum absolute atomic E-state index is 12.3. The molecule has 1 N–H and O–H groups in total. The molecule has 3 aromatic rings. The number of hydrogen-bond donors (Lipinski definition) is 1. The highest BCUT2D eigenvalue weighted by atomic mass is 32.1. The van der Waals surface area contributed by atoms with Crippen LogP contribution in [0, 0.1) is 0 Å². The van der Waals surface area contributed by atoms with Crippen LogP contribution in [0.15, 0.2) is 54.6 Å². The topological polar surface area (TPSA) is 77.5 Å². The number of nitrogens with one attached hydrogen (secondary N) is 1.